The highest BCUT2D eigenvalue weighted by atomic mass is 16.4. The van der Waals surface area contributed by atoms with Crippen LogP contribution in [-0.4, -0.2) is 23.7 Å². The Morgan fingerprint density at radius 2 is 2.06 bits per heavy atom. The van der Waals surface area contributed by atoms with Gasteiger partial charge in [0.2, 0.25) is 0 Å². The van der Waals surface area contributed by atoms with Crippen LogP contribution in [0.1, 0.15) is 12.0 Å². The first-order chi connectivity index (χ1) is 8.18. The van der Waals surface area contributed by atoms with Crippen molar-refractivity contribution in [1.29, 1.82) is 0 Å². The van der Waals surface area contributed by atoms with Gasteiger partial charge < -0.3 is 10.4 Å². The van der Waals surface area contributed by atoms with Crippen LogP contribution in [0.25, 0.3) is 5.57 Å². The maximum Gasteiger partial charge on any atom is 0.328 e. The molecule has 17 heavy (non-hydrogen) atoms. The molecule has 2 N–H and O–H groups in total. The Morgan fingerprint density at radius 3 is 2.65 bits per heavy atom. The molecule has 3 heteroatoms. The number of allylic oxidation sites excluding steroid dienone is 2. The second-order valence-corrected chi connectivity index (χ2v) is 4.12. The monoisotopic (exact) mass is 229 g/mol. The standard InChI is InChI=1S/C14H15NO2/c1-15-14(13(16)17)9-5-8-12(10-14)11-6-3-2-4-7-11/h2-9,15H,10H2,1H3,(H,16,17). The Hall–Kier alpha value is -1.87. The van der Waals surface area contributed by atoms with E-state index in [4.69, 9.17) is 0 Å². The fourth-order valence-corrected chi connectivity index (χ4v) is 2.02. The van der Waals surface area contributed by atoms with Gasteiger partial charge in [0.25, 0.3) is 0 Å². The summed E-state index contributed by atoms with van der Waals surface area (Å²) in [6.07, 6.45) is 5.92. The summed E-state index contributed by atoms with van der Waals surface area (Å²) in [5.41, 5.74) is 1.11. The molecule has 1 aliphatic carbocycles. The van der Waals surface area contributed by atoms with Gasteiger partial charge in [-0.25, -0.2) is 4.79 Å². The first-order valence-corrected chi connectivity index (χ1v) is 5.54. The summed E-state index contributed by atoms with van der Waals surface area (Å²) in [4.78, 5) is 11.3. The third-order valence-electron chi connectivity index (χ3n) is 3.12. The number of hydrogen-bond acceptors (Lipinski definition) is 2. The van der Waals surface area contributed by atoms with Gasteiger partial charge in [-0.1, -0.05) is 48.6 Å². The first kappa shape index (κ1) is 11.6. The normalized spacial score (nSPS) is 23.2. The SMILES string of the molecule is CNC1(C(=O)O)C=CC=C(c2ccccc2)C1. The summed E-state index contributed by atoms with van der Waals surface area (Å²) in [7, 11) is 1.67. The van der Waals surface area contributed by atoms with Gasteiger partial charge in [0.05, 0.1) is 0 Å². The van der Waals surface area contributed by atoms with Gasteiger partial charge in [0.15, 0.2) is 0 Å². The van der Waals surface area contributed by atoms with Gasteiger partial charge in [0.1, 0.15) is 5.54 Å². The summed E-state index contributed by atoms with van der Waals surface area (Å²) in [5.74, 6) is -0.849. The van der Waals surface area contributed by atoms with Crippen LogP contribution < -0.4 is 5.32 Å². The van der Waals surface area contributed by atoms with Crippen molar-refractivity contribution < 1.29 is 9.90 Å². The smallest absolute Gasteiger partial charge is 0.328 e. The average molecular weight is 229 g/mol. The quantitative estimate of drug-likeness (QED) is 0.834. The van der Waals surface area contributed by atoms with E-state index >= 15 is 0 Å². The van der Waals surface area contributed by atoms with E-state index in [1.165, 1.54) is 0 Å². The lowest BCUT2D eigenvalue weighted by molar-refractivity contribution is -0.142. The van der Waals surface area contributed by atoms with Crippen LogP contribution >= 0.6 is 0 Å². The molecule has 0 aliphatic heterocycles. The number of carbonyl (C=O) groups is 1. The van der Waals surface area contributed by atoms with Crippen LogP contribution in [0.2, 0.25) is 0 Å². The fraction of sp³-hybridized carbons (Fsp3) is 0.214. The van der Waals surface area contributed by atoms with Crippen molar-refractivity contribution >= 4 is 11.5 Å². The number of likely N-dealkylation sites (N-methyl/N-ethyl adjacent to an activating group) is 1. The summed E-state index contributed by atoms with van der Waals surface area (Å²) >= 11 is 0. The molecule has 1 aliphatic rings. The lowest BCUT2D eigenvalue weighted by Gasteiger charge is -2.29. The molecule has 0 bridgehead atoms. The maximum absolute atomic E-state index is 11.3. The number of hydrogen-bond donors (Lipinski definition) is 2. The highest BCUT2D eigenvalue weighted by molar-refractivity contribution is 5.87. The number of carboxylic acid groups (broad SMARTS) is 1. The van der Waals surface area contributed by atoms with Crippen LogP contribution in [0.4, 0.5) is 0 Å². The van der Waals surface area contributed by atoms with Gasteiger partial charge in [-0.15, -0.1) is 0 Å². The second kappa shape index (κ2) is 4.55. The summed E-state index contributed by atoms with van der Waals surface area (Å²) in [6, 6.07) is 9.85. The molecule has 0 saturated carbocycles. The number of carboxylic acids is 1. The highest BCUT2D eigenvalue weighted by Gasteiger charge is 2.36. The van der Waals surface area contributed by atoms with Crippen LogP contribution in [0.15, 0.2) is 48.6 Å². The van der Waals surface area contributed by atoms with E-state index in [0.29, 0.717) is 6.42 Å². The van der Waals surface area contributed by atoms with Crippen molar-refractivity contribution in [2.24, 2.45) is 0 Å². The number of nitrogens with one attached hydrogen (secondary N) is 1. The Morgan fingerprint density at radius 1 is 1.35 bits per heavy atom. The fourth-order valence-electron chi connectivity index (χ4n) is 2.02. The summed E-state index contributed by atoms with van der Waals surface area (Å²) in [6.45, 7) is 0. The molecular formula is C14H15NO2. The van der Waals surface area contributed by atoms with Gasteiger partial charge in [0, 0.05) is 6.42 Å². The molecule has 0 fully saturated rings. The van der Waals surface area contributed by atoms with E-state index in [1.54, 1.807) is 19.2 Å². The van der Waals surface area contributed by atoms with Crippen LogP contribution in [-0.2, 0) is 4.79 Å². The molecule has 1 unspecified atom stereocenters. The molecular weight excluding hydrogens is 214 g/mol. The van der Waals surface area contributed by atoms with E-state index in [0.717, 1.165) is 11.1 Å². The second-order valence-electron chi connectivity index (χ2n) is 4.12. The maximum atomic E-state index is 11.3. The summed E-state index contributed by atoms with van der Waals surface area (Å²) < 4.78 is 0. The molecule has 0 radical (unpaired) electrons. The molecule has 1 aromatic carbocycles. The molecule has 3 nitrogen and oxygen atoms in total. The molecule has 0 aromatic heterocycles. The first-order valence-electron chi connectivity index (χ1n) is 5.54. The topological polar surface area (TPSA) is 49.3 Å². The van der Waals surface area contributed by atoms with E-state index in [1.807, 2.05) is 36.4 Å². The van der Waals surface area contributed by atoms with Crippen LogP contribution in [0.3, 0.4) is 0 Å². The van der Waals surface area contributed by atoms with E-state index in [9.17, 15) is 9.90 Å². The Kier molecular flexibility index (Phi) is 3.11. The molecule has 0 spiro atoms. The zero-order valence-corrected chi connectivity index (χ0v) is 9.68. The number of aliphatic carboxylic acids is 1. The van der Waals surface area contributed by atoms with E-state index < -0.39 is 11.5 Å². The molecule has 0 heterocycles. The number of benzene rings is 1. The predicted molar refractivity (Wildman–Crippen MR) is 67.6 cm³/mol. The van der Waals surface area contributed by atoms with E-state index in [-0.39, 0.29) is 0 Å². The van der Waals surface area contributed by atoms with Crippen molar-refractivity contribution in [1.82, 2.24) is 5.32 Å². The zero-order valence-electron chi connectivity index (χ0n) is 9.68. The minimum absolute atomic E-state index is 0.458. The van der Waals surface area contributed by atoms with Gasteiger partial charge in [-0.05, 0) is 18.2 Å². The number of rotatable bonds is 3. The Bertz CT molecular complexity index is 476. The predicted octanol–water partition coefficient (Wildman–Crippen LogP) is 2.07. The third kappa shape index (κ3) is 2.15. The molecule has 0 amide bonds. The average Bonchev–Trinajstić information content (AvgIpc) is 2.39. The molecule has 88 valence electrons. The largest absolute Gasteiger partial charge is 0.480 e. The Labute approximate surface area is 100 Å². The van der Waals surface area contributed by atoms with Crippen LogP contribution in [0.5, 0.6) is 0 Å². The molecule has 0 saturated heterocycles. The van der Waals surface area contributed by atoms with Crippen molar-refractivity contribution in [3.8, 4) is 0 Å². The van der Waals surface area contributed by atoms with Gasteiger partial charge in [-0.3, -0.25) is 0 Å². The zero-order chi connectivity index (χ0) is 12.3. The van der Waals surface area contributed by atoms with Crippen molar-refractivity contribution in [2.75, 3.05) is 7.05 Å². The minimum atomic E-state index is -0.986. The highest BCUT2D eigenvalue weighted by Crippen LogP contribution is 2.29. The summed E-state index contributed by atoms with van der Waals surface area (Å²) in [5, 5.41) is 12.2. The minimum Gasteiger partial charge on any atom is -0.480 e. The lowest BCUT2D eigenvalue weighted by Crippen LogP contribution is -2.49. The van der Waals surface area contributed by atoms with Crippen molar-refractivity contribution in [2.45, 2.75) is 12.0 Å². The van der Waals surface area contributed by atoms with Gasteiger partial charge in [-0.2, -0.15) is 0 Å². The molecule has 1 atom stereocenters. The van der Waals surface area contributed by atoms with Gasteiger partial charge >= 0.3 is 5.97 Å². The third-order valence-corrected chi connectivity index (χ3v) is 3.12. The Balaban J connectivity index is 2.32. The molecule has 2 rings (SSSR count). The van der Waals surface area contributed by atoms with E-state index in [2.05, 4.69) is 5.32 Å². The van der Waals surface area contributed by atoms with Crippen molar-refractivity contribution in [3.63, 3.8) is 0 Å². The lowest BCUT2D eigenvalue weighted by atomic mass is 9.84. The van der Waals surface area contributed by atoms with Crippen molar-refractivity contribution in [3.05, 3.63) is 54.1 Å². The van der Waals surface area contributed by atoms with Crippen LogP contribution in [0, 0.1) is 0 Å². The molecule has 1 aromatic rings.